The van der Waals surface area contributed by atoms with Crippen molar-refractivity contribution < 1.29 is 19.3 Å². The molecule has 190 valence electrons. The lowest BCUT2D eigenvalue weighted by Crippen LogP contribution is -2.73. The van der Waals surface area contributed by atoms with Crippen LogP contribution in [-0.4, -0.2) is 23.3 Å². The van der Waals surface area contributed by atoms with Gasteiger partial charge in [-0.2, -0.15) is 0 Å². The Bertz CT molecular complexity index is 877. The Morgan fingerprint density at radius 3 is 2.38 bits per heavy atom. The van der Waals surface area contributed by atoms with Gasteiger partial charge in [0.1, 0.15) is 17.3 Å². The van der Waals surface area contributed by atoms with Crippen molar-refractivity contribution in [2.24, 2.45) is 46.3 Å². The maximum absolute atomic E-state index is 11.6. The molecule has 4 heteroatoms. The first kappa shape index (κ1) is 24.6. The predicted molar refractivity (Wildman–Crippen MR) is 134 cm³/mol. The quantitative estimate of drug-likeness (QED) is 0.245. The number of hydrogen-bond acceptors (Lipinski definition) is 4. The molecule has 4 nitrogen and oxygen atoms in total. The summed E-state index contributed by atoms with van der Waals surface area (Å²) in [4.78, 5) is 24.6. The minimum atomic E-state index is -0.480. The van der Waals surface area contributed by atoms with Crippen LogP contribution in [0.4, 0.5) is 0 Å². The van der Waals surface area contributed by atoms with Gasteiger partial charge in [-0.25, -0.2) is 9.78 Å². The van der Waals surface area contributed by atoms with Gasteiger partial charge < -0.3 is 4.74 Å². The number of hydrogen-bond donors (Lipinski definition) is 0. The first-order valence-corrected chi connectivity index (χ1v) is 13.9. The number of carbonyl (C=O) groups excluding carboxylic acids is 1. The third kappa shape index (κ3) is 3.34. The fraction of sp³-hybridized carbons (Fsp3) is 0.833. The molecule has 3 saturated carbocycles. The van der Waals surface area contributed by atoms with E-state index in [-0.39, 0.29) is 28.5 Å². The Balaban J connectivity index is 1.42. The first-order valence-electron chi connectivity index (χ1n) is 13.9. The minimum absolute atomic E-state index is 0.0221. The van der Waals surface area contributed by atoms with E-state index in [1.54, 1.807) is 0 Å². The lowest BCUT2D eigenvalue weighted by Gasteiger charge is -2.69. The maximum Gasteiger partial charge on any atom is 0.302 e. The molecule has 2 heterocycles. The van der Waals surface area contributed by atoms with Crippen molar-refractivity contribution in [3.8, 4) is 0 Å². The lowest BCUT2D eigenvalue weighted by molar-refractivity contribution is -0.497. The van der Waals surface area contributed by atoms with Crippen molar-refractivity contribution in [2.75, 3.05) is 0 Å². The average Bonchev–Trinajstić information content (AvgIpc) is 3.14. The highest BCUT2D eigenvalue weighted by Gasteiger charge is 2.74. The van der Waals surface area contributed by atoms with Gasteiger partial charge >= 0.3 is 5.97 Å². The fourth-order valence-corrected chi connectivity index (χ4v) is 9.03. The van der Waals surface area contributed by atoms with Crippen LogP contribution in [0.1, 0.15) is 93.4 Å². The molecular weight excluding hydrogens is 424 g/mol. The Labute approximate surface area is 206 Å². The second-order valence-electron chi connectivity index (χ2n) is 13.3. The third-order valence-electron chi connectivity index (χ3n) is 11.4. The van der Waals surface area contributed by atoms with Crippen molar-refractivity contribution in [3.63, 3.8) is 0 Å². The van der Waals surface area contributed by atoms with E-state index < -0.39 is 5.60 Å². The number of esters is 1. The molecule has 6 aliphatic rings. The van der Waals surface area contributed by atoms with Gasteiger partial charge in [-0.1, -0.05) is 59.8 Å². The molecule has 0 aromatic carbocycles. The number of ether oxygens (including phenoxy) is 1. The smallest absolute Gasteiger partial charge is 0.302 e. The van der Waals surface area contributed by atoms with Gasteiger partial charge in [-0.15, -0.1) is 0 Å². The Morgan fingerprint density at radius 1 is 0.971 bits per heavy atom. The molecule has 0 aromatic rings. The van der Waals surface area contributed by atoms with E-state index in [0.29, 0.717) is 41.9 Å². The molecule has 0 amide bonds. The molecule has 6 rings (SSSR count). The molecule has 10 atom stereocenters. The molecule has 2 spiro atoms. The van der Waals surface area contributed by atoms with E-state index in [1.807, 2.05) is 0 Å². The summed E-state index contributed by atoms with van der Waals surface area (Å²) in [6.07, 6.45) is 17.1. The summed E-state index contributed by atoms with van der Waals surface area (Å²) < 4.78 is 5.63. The van der Waals surface area contributed by atoms with E-state index in [2.05, 4.69) is 65.8 Å². The van der Waals surface area contributed by atoms with E-state index >= 15 is 0 Å². The molecule has 0 unspecified atom stereocenters. The summed E-state index contributed by atoms with van der Waals surface area (Å²) in [7, 11) is 0. The normalized spacial score (nSPS) is 48.9. The SMILES string of the molecule is CC(=O)O[C@@H]1CC[C@]2(C)[C@H]3CC[C@@]4(C)[C@H]([C@@H](C)/C=C/[C@H](C)C(C)C)CC[C@@H]4[C@]34C=C[C@@]2(C1)OO4. The highest BCUT2D eigenvalue weighted by Crippen LogP contribution is 2.72. The van der Waals surface area contributed by atoms with Gasteiger partial charge in [-0.3, -0.25) is 4.79 Å². The summed E-state index contributed by atoms with van der Waals surface area (Å²) in [6.45, 7) is 15.9. The Kier molecular flexibility index (Phi) is 5.92. The highest BCUT2D eigenvalue weighted by molar-refractivity contribution is 5.66. The summed E-state index contributed by atoms with van der Waals surface area (Å²) in [5.74, 6) is 3.30. The van der Waals surface area contributed by atoms with Crippen LogP contribution >= 0.6 is 0 Å². The molecule has 1 saturated heterocycles. The van der Waals surface area contributed by atoms with Crippen LogP contribution < -0.4 is 0 Å². The molecule has 4 fully saturated rings. The zero-order valence-electron chi connectivity index (χ0n) is 22.4. The van der Waals surface area contributed by atoms with Crippen molar-refractivity contribution in [2.45, 2.75) is 111 Å². The molecule has 2 bridgehead atoms. The van der Waals surface area contributed by atoms with Gasteiger partial charge in [0.25, 0.3) is 0 Å². The van der Waals surface area contributed by atoms with E-state index in [4.69, 9.17) is 14.5 Å². The summed E-state index contributed by atoms with van der Waals surface area (Å²) in [5.41, 5.74) is -0.514. The van der Waals surface area contributed by atoms with Crippen LogP contribution in [0.2, 0.25) is 0 Å². The van der Waals surface area contributed by atoms with Crippen LogP contribution in [0.3, 0.4) is 0 Å². The Morgan fingerprint density at radius 2 is 1.74 bits per heavy atom. The van der Waals surface area contributed by atoms with Gasteiger partial charge in [-0.05, 0) is 73.7 Å². The monoisotopic (exact) mass is 470 g/mol. The topological polar surface area (TPSA) is 44.8 Å². The molecule has 34 heavy (non-hydrogen) atoms. The summed E-state index contributed by atoms with van der Waals surface area (Å²) >= 11 is 0. The van der Waals surface area contributed by atoms with Gasteiger partial charge in [0.15, 0.2) is 0 Å². The Hall–Kier alpha value is -1.13. The lowest BCUT2D eigenvalue weighted by atomic mass is 9.42. The standard InChI is InChI=1S/C30H46O4/c1-19(2)20(3)8-9-21(4)24-10-11-25-27(24,6)14-13-26-28(7)15-12-23(32-22(5)31)18-29(28)16-17-30(25,26)34-33-29/h8-9,16-17,19-21,23-26H,10-15,18H2,1-7H3/b9-8+/t20-,21-,23+,24-,25-,26+,27-,28+,29-,30+/m0/s1. The van der Waals surface area contributed by atoms with Gasteiger partial charge in [0.2, 0.25) is 0 Å². The molecule has 0 aromatic heterocycles. The van der Waals surface area contributed by atoms with Crippen LogP contribution in [0.15, 0.2) is 24.3 Å². The molecule has 2 aliphatic heterocycles. The number of allylic oxidation sites excluding steroid dienone is 2. The van der Waals surface area contributed by atoms with Crippen LogP contribution in [-0.2, 0) is 19.3 Å². The minimum Gasteiger partial charge on any atom is -0.462 e. The maximum atomic E-state index is 11.6. The second kappa shape index (κ2) is 8.20. The van der Waals surface area contributed by atoms with E-state index in [0.717, 1.165) is 12.8 Å². The van der Waals surface area contributed by atoms with Gasteiger partial charge in [0.05, 0.1) is 0 Å². The average molecular weight is 471 g/mol. The predicted octanol–water partition coefficient (Wildman–Crippen LogP) is 7.04. The van der Waals surface area contributed by atoms with E-state index in [9.17, 15) is 4.79 Å². The van der Waals surface area contributed by atoms with Crippen molar-refractivity contribution >= 4 is 5.97 Å². The number of carbonyl (C=O) groups is 1. The first-order chi connectivity index (χ1) is 16.0. The largest absolute Gasteiger partial charge is 0.462 e. The number of rotatable bonds is 5. The second-order valence-corrected chi connectivity index (χ2v) is 13.3. The number of fused-ring (bicyclic) bond motifs is 2. The zero-order valence-corrected chi connectivity index (χ0v) is 22.4. The van der Waals surface area contributed by atoms with E-state index in [1.165, 1.54) is 32.6 Å². The van der Waals surface area contributed by atoms with Crippen molar-refractivity contribution in [1.29, 1.82) is 0 Å². The van der Waals surface area contributed by atoms with Crippen molar-refractivity contribution in [3.05, 3.63) is 24.3 Å². The fourth-order valence-electron chi connectivity index (χ4n) is 9.03. The molecule has 4 aliphatic carbocycles. The summed E-state index contributed by atoms with van der Waals surface area (Å²) in [6, 6.07) is 0. The molecular formula is C30H46O4. The molecule has 0 radical (unpaired) electrons. The van der Waals surface area contributed by atoms with Gasteiger partial charge in [0, 0.05) is 30.6 Å². The molecule has 0 N–H and O–H groups in total. The zero-order chi connectivity index (χ0) is 24.5. The van der Waals surface area contributed by atoms with Crippen LogP contribution in [0, 0.1) is 46.3 Å². The third-order valence-corrected chi connectivity index (χ3v) is 11.4. The van der Waals surface area contributed by atoms with Crippen molar-refractivity contribution in [1.82, 2.24) is 0 Å². The highest BCUT2D eigenvalue weighted by atomic mass is 17.2. The van der Waals surface area contributed by atoms with Crippen LogP contribution in [0.5, 0.6) is 0 Å². The van der Waals surface area contributed by atoms with Crippen LogP contribution in [0.25, 0.3) is 0 Å². The summed E-state index contributed by atoms with van der Waals surface area (Å²) in [5, 5.41) is 0.